The van der Waals surface area contributed by atoms with E-state index in [-0.39, 0.29) is 9.83 Å². The van der Waals surface area contributed by atoms with Crippen LogP contribution in [0, 0.1) is 0 Å². The fraction of sp³-hybridized carbons (Fsp3) is 0.250. The smallest absolute Gasteiger partial charge is 0.233 e. The highest BCUT2D eigenvalue weighted by molar-refractivity contribution is 14.1. The van der Waals surface area contributed by atoms with Crippen molar-refractivity contribution in [1.82, 2.24) is 5.32 Å². The van der Waals surface area contributed by atoms with Gasteiger partial charge in [0, 0.05) is 6.54 Å². The number of allylic oxidation sites excluding steroid dienone is 2. The molecule has 0 saturated carbocycles. The Labute approximate surface area is 152 Å². The summed E-state index contributed by atoms with van der Waals surface area (Å²) in [4.78, 5) is 12.0. The molecule has 1 N–H and O–H groups in total. The van der Waals surface area contributed by atoms with Crippen LogP contribution < -0.4 is 5.32 Å². The minimum absolute atomic E-state index is 0.0238. The van der Waals surface area contributed by atoms with E-state index in [0.29, 0.717) is 6.54 Å². The van der Waals surface area contributed by atoms with E-state index >= 15 is 0 Å². The molecule has 1 unspecified atom stereocenters. The summed E-state index contributed by atoms with van der Waals surface area (Å²) < 4.78 is -0.0238. The van der Waals surface area contributed by atoms with Crippen LogP contribution in [0.15, 0.2) is 72.8 Å². The number of rotatable bonds is 8. The minimum Gasteiger partial charge on any atom is -0.351 e. The van der Waals surface area contributed by atoms with E-state index in [2.05, 4.69) is 64.3 Å². The third-order valence-corrected chi connectivity index (χ3v) is 4.62. The Morgan fingerprint density at radius 1 is 0.957 bits per heavy atom. The number of carbonyl (C=O) groups excluding carboxylic acids is 1. The lowest BCUT2D eigenvalue weighted by Gasteiger charge is -2.09. The summed E-state index contributed by atoms with van der Waals surface area (Å²) in [6.07, 6.45) is 7.11. The summed E-state index contributed by atoms with van der Waals surface area (Å²) >= 11 is 2.21. The first-order chi connectivity index (χ1) is 11.3. The zero-order chi connectivity index (χ0) is 16.3. The number of carbonyl (C=O) groups is 1. The van der Waals surface area contributed by atoms with Crippen LogP contribution in [0.5, 0.6) is 0 Å². The Morgan fingerprint density at radius 2 is 1.57 bits per heavy atom. The number of nitrogens with one attached hydrogen (secondary N) is 1. The summed E-state index contributed by atoms with van der Waals surface area (Å²) in [7, 11) is 0. The lowest BCUT2D eigenvalue weighted by atomic mass is 10.1. The molecule has 0 aliphatic heterocycles. The third-order valence-electron chi connectivity index (χ3n) is 3.55. The lowest BCUT2D eigenvalue weighted by Crippen LogP contribution is -2.30. The van der Waals surface area contributed by atoms with Gasteiger partial charge in [-0.15, -0.1) is 0 Å². The monoisotopic (exact) mass is 419 g/mol. The molecule has 0 radical (unpaired) electrons. The van der Waals surface area contributed by atoms with Gasteiger partial charge in [-0.05, 0) is 30.4 Å². The molecule has 120 valence electrons. The van der Waals surface area contributed by atoms with Crippen molar-refractivity contribution < 1.29 is 4.79 Å². The average molecular weight is 419 g/mol. The second-order valence-electron chi connectivity index (χ2n) is 5.40. The quantitative estimate of drug-likeness (QED) is 0.376. The van der Waals surface area contributed by atoms with Gasteiger partial charge in [0.25, 0.3) is 0 Å². The summed E-state index contributed by atoms with van der Waals surface area (Å²) in [6.45, 7) is 0.594. The molecule has 2 aromatic rings. The highest BCUT2D eigenvalue weighted by Crippen LogP contribution is 2.09. The highest BCUT2D eigenvalue weighted by atomic mass is 127. The average Bonchev–Trinajstić information content (AvgIpc) is 2.61. The van der Waals surface area contributed by atoms with E-state index in [1.807, 2.05) is 36.4 Å². The maximum Gasteiger partial charge on any atom is 0.233 e. The molecule has 0 aliphatic carbocycles. The van der Waals surface area contributed by atoms with Crippen LogP contribution >= 0.6 is 22.6 Å². The summed E-state index contributed by atoms with van der Waals surface area (Å²) in [5, 5.41) is 2.99. The van der Waals surface area contributed by atoms with Crippen molar-refractivity contribution >= 4 is 28.5 Å². The molecule has 0 saturated heterocycles. The van der Waals surface area contributed by atoms with Gasteiger partial charge < -0.3 is 5.32 Å². The van der Waals surface area contributed by atoms with Gasteiger partial charge in [-0.1, -0.05) is 95.4 Å². The summed E-state index contributed by atoms with van der Waals surface area (Å²) in [5.74, 6) is 0.0992. The maximum atomic E-state index is 12.0. The third kappa shape index (κ3) is 6.99. The first kappa shape index (κ1) is 17.7. The number of alkyl halides is 1. The summed E-state index contributed by atoms with van der Waals surface area (Å²) in [6, 6.07) is 20.4. The molecule has 0 spiro atoms. The van der Waals surface area contributed by atoms with Crippen LogP contribution in [-0.4, -0.2) is 9.83 Å². The lowest BCUT2D eigenvalue weighted by molar-refractivity contribution is -0.120. The molecule has 2 aromatic carbocycles. The van der Waals surface area contributed by atoms with Crippen LogP contribution in [0.4, 0.5) is 0 Å². The van der Waals surface area contributed by atoms with Gasteiger partial charge in [0.05, 0.1) is 3.92 Å². The molecule has 0 fully saturated rings. The van der Waals surface area contributed by atoms with Gasteiger partial charge >= 0.3 is 0 Å². The summed E-state index contributed by atoms with van der Waals surface area (Å²) in [5.41, 5.74) is 2.48. The zero-order valence-corrected chi connectivity index (χ0v) is 15.3. The number of benzene rings is 2. The van der Waals surface area contributed by atoms with Crippen molar-refractivity contribution in [3.8, 4) is 0 Å². The predicted octanol–water partition coefficient (Wildman–Crippen LogP) is 4.69. The number of halogens is 1. The number of amides is 1. The molecule has 1 atom stereocenters. The molecule has 0 aliphatic rings. The Morgan fingerprint density at radius 3 is 2.22 bits per heavy atom. The Bertz CT molecular complexity index is 610. The van der Waals surface area contributed by atoms with Crippen molar-refractivity contribution in [2.24, 2.45) is 0 Å². The molecule has 2 nitrogen and oxygen atoms in total. The molecule has 2 rings (SSSR count). The molecule has 0 bridgehead atoms. The second kappa shape index (κ2) is 10.2. The first-order valence-electron chi connectivity index (χ1n) is 7.90. The van der Waals surface area contributed by atoms with Gasteiger partial charge in [-0.2, -0.15) is 0 Å². The van der Waals surface area contributed by atoms with Crippen molar-refractivity contribution in [3.63, 3.8) is 0 Å². The van der Waals surface area contributed by atoms with Gasteiger partial charge in [-0.25, -0.2) is 0 Å². The normalized spacial score (nSPS) is 12.2. The second-order valence-corrected chi connectivity index (χ2v) is 6.91. The van der Waals surface area contributed by atoms with E-state index in [9.17, 15) is 4.79 Å². The molecule has 0 aromatic heterocycles. The largest absolute Gasteiger partial charge is 0.351 e. The number of hydrogen-bond donors (Lipinski definition) is 1. The van der Waals surface area contributed by atoms with Gasteiger partial charge in [0.2, 0.25) is 5.91 Å². The zero-order valence-electron chi connectivity index (χ0n) is 13.1. The fourth-order valence-corrected chi connectivity index (χ4v) is 2.74. The van der Waals surface area contributed by atoms with Crippen LogP contribution in [-0.2, 0) is 17.8 Å². The standard InChI is InChI=1S/C20H22INO/c21-19(20(23)22-16-18-13-7-2-8-14-18)15-9-3-6-12-17-10-4-1-5-11-17/h1-5,7-11,13-14,19H,6,12,15-16H2,(H,22,23)/b9-3+. The first-order valence-corrected chi connectivity index (χ1v) is 9.15. The van der Waals surface area contributed by atoms with Crippen molar-refractivity contribution in [2.75, 3.05) is 0 Å². The number of aryl methyl sites for hydroxylation is 1. The fourth-order valence-electron chi connectivity index (χ4n) is 2.23. The minimum atomic E-state index is -0.0238. The van der Waals surface area contributed by atoms with Crippen LogP contribution in [0.3, 0.4) is 0 Å². The van der Waals surface area contributed by atoms with Crippen molar-refractivity contribution in [2.45, 2.75) is 29.7 Å². The molecule has 3 heteroatoms. The van der Waals surface area contributed by atoms with Crippen LogP contribution in [0.2, 0.25) is 0 Å². The Hall–Kier alpha value is -1.62. The van der Waals surface area contributed by atoms with Gasteiger partial charge in [0.1, 0.15) is 0 Å². The number of hydrogen-bond acceptors (Lipinski definition) is 1. The topological polar surface area (TPSA) is 29.1 Å². The maximum absolute atomic E-state index is 12.0. The Balaban J connectivity index is 1.64. The molecular weight excluding hydrogens is 397 g/mol. The Kier molecular flexibility index (Phi) is 7.87. The SMILES string of the molecule is O=C(NCc1ccccc1)C(I)C/C=C/CCc1ccccc1. The molecule has 0 heterocycles. The van der Waals surface area contributed by atoms with Crippen LogP contribution in [0.1, 0.15) is 24.0 Å². The van der Waals surface area contributed by atoms with E-state index in [1.165, 1.54) is 5.56 Å². The van der Waals surface area contributed by atoms with Gasteiger partial charge in [0.15, 0.2) is 0 Å². The van der Waals surface area contributed by atoms with Crippen LogP contribution in [0.25, 0.3) is 0 Å². The van der Waals surface area contributed by atoms with Crippen molar-refractivity contribution in [1.29, 1.82) is 0 Å². The van der Waals surface area contributed by atoms with Gasteiger partial charge in [-0.3, -0.25) is 4.79 Å². The van der Waals surface area contributed by atoms with E-state index in [4.69, 9.17) is 0 Å². The van der Waals surface area contributed by atoms with Crippen molar-refractivity contribution in [3.05, 3.63) is 83.9 Å². The highest BCUT2D eigenvalue weighted by Gasteiger charge is 2.12. The van der Waals surface area contributed by atoms with E-state index in [0.717, 1.165) is 24.8 Å². The van der Waals surface area contributed by atoms with E-state index < -0.39 is 0 Å². The molecule has 23 heavy (non-hydrogen) atoms. The predicted molar refractivity (Wildman–Crippen MR) is 105 cm³/mol. The van der Waals surface area contributed by atoms with E-state index in [1.54, 1.807) is 0 Å². The molecule has 1 amide bonds. The molecular formula is C20H22INO.